The van der Waals surface area contributed by atoms with Crippen molar-refractivity contribution in [3.05, 3.63) is 29.8 Å². The Hall–Kier alpha value is -3.91. The fourth-order valence-electron chi connectivity index (χ4n) is 3.97. The Bertz CT molecular complexity index is 982. The summed E-state index contributed by atoms with van der Waals surface area (Å²) in [6.45, 7) is -0.322. The number of nitrogens with two attached hydrogens (primary N) is 3. The van der Waals surface area contributed by atoms with Gasteiger partial charge in [-0.25, -0.2) is 4.79 Å². The van der Waals surface area contributed by atoms with E-state index in [9.17, 15) is 34.5 Å². The maximum atomic E-state index is 13.1. The van der Waals surface area contributed by atoms with Gasteiger partial charge in [-0.1, -0.05) is 12.1 Å². The zero-order chi connectivity index (χ0) is 27.5. The number of phenolic OH excluding ortho intramolecular Hbond substituents is 1. The van der Waals surface area contributed by atoms with Crippen LogP contribution >= 0.6 is 0 Å². The number of nitrogens with zero attached hydrogens (tertiary/aromatic N) is 2. The largest absolute Gasteiger partial charge is 0.508 e. The van der Waals surface area contributed by atoms with Crippen LogP contribution in [-0.4, -0.2) is 93.7 Å². The van der Waals surface area contributed by atoms with Gasteiger partial charge in [0.2, 0.25) is 17.7 Å². The molecule has 1 aromatic carbocycles. The molecule has 3 amide bonds. The molecule has 0 radical (unpaired) electrons. The van der Waals surface area contributed by atoms with Crippen LogP contribution in [0.5, 0.6) is 5.75 Å². The molecule has 0 bridgehead atoms. The number of amides is 3. The molecular weight excluding hydrogens is 486 g/mol. The van der Waals surface area contributed by atoms with Crippen molar-refractivity contribution in [2.45, 2.75) is 56.3 Å². The van der Waals surface area contributed by atoms with Crippen molar-refractivity contribution in [3.8, 4) is 5.75 Å². The number of benzene rings is 1. The number of phenols is 1. The molecule has 1 heterocycles. The fraction of sp³-hybridized carbons (Fsp3) is 0.522. The average molecular weight is 522 g/mol. The lowest BCUT2D eigenvalue weighted by molar-refractivity contribution is -0.145. The number of aliphatic hydroxyl groups excluding tert-OH is 1. The molecule has 37 heavy (non-hydrogen) atoms. The Balaban J connectivity index is 1.98. The number of carbonyl (C=O) groups excluding carboxylic acids is 3. The summed E-state index contributed by atoms with van der Waals surface area (Å²) >= 11 is 0. The van der Waals surface area contributed by atoms with Crippen LogP contribution in [-0.2, 0) is 25.6 Å². The number of hydrogen-bond acceptors (Lipinski definition) is 8. The molecule has 1 aliphatic rings. The fourth-order valence-corrected chi connectivity index (χ4v) is 3.97. The normalized spacial score (nSPS) is 17.4. The van der Waals surface area contributed by atoms with Crippen molar-refractivity contribution < 1.29 is 34.5 Å². The number of carboxylic acid groups (broad SMARTS) is 1. The van der Waals surface area contributed by atoms with Gasteiger partial charge in [0.15, 0.2) is 5.96 Å². The second-order valence-corrected chi connectivity index (χ2v) is 8.76. The summed E-state index contributed by atoms with van der Waals surface area (Å²) < 4.78 is 0. The monoisotopic (exact) mass is 521 g/mol. The van der Waals surface area contributed by atoms with Crippen LogP contribution in [0.25, 0.3) is 0 Å². The Morgan fingerprint density at radius 1 is 1.11 bits per heavy atom. The van der Waals surface area contributed by atoms with Gasteiger partial charge in [-0.15, -0.1) is 0 Å². The molecule has 0 spiro atoms. The molecule has 14 nitrogen and oxygen atoms in total. The molecule has 1 saturated heterocycles. The minimum atomic E-state index is -1.33. The molecule has 0 aromatic heterocycles. The smallest absolute Gasteiger partial charge is 0.326 e. The average Bonchev–Trinajstić information content (AvgIpc) is 3.35. The molecule has 14 heteroatoms. The first kappa shape index (κ1) is 29.3. The molecule has 4 unspecified atom stereocenters. The summed E-state index contributed by atoms with van der Waals surface area (Å²) in [4.78, 5) is 55.1. The van der Waals surface area contributed by atoms with E-state index in [1.54, 1.807) is 12.1 Å². The molecule has 1 fully saturated rings. The van der Waals surface area contributed by atoms with Crippen LogP contribution in [0.1, 0.15) is 31.2 Å². The van der Waals surface area contributed by atoms with Gasteiger partial charge in [0.1, 0.15) is 23.9 Å². The van der Waals surface area contributed by atoms with Crippen molar-refractivity contribution in [1.82, 2.24) is 15.5 Å². The van der Waals surface area contributed by atoms with Crippen LogP contribution in [0.4, 0.5) is 0 Å². The third kappa shape index (κ3) is 8.91. The van der Waals surface area contributed by atoms with Crippen LogP contribution in [0.15, 0.2) is 29.3 Å². The van der Waals surface area contributed by atoms with Gasteiger partial charge in [-0.3, -0.25) is 19.4 Å². The summed E-state index contributed by atoms with van der Waals surface area (Å²) in [6, 6.07) is 1.61. The molecule has 0 saturated carbocycles. The maximum Gasteiger partial charge on any atom is 0.326 e. The zero-order valence-electron chi connectivity index (χ0n) is 20.4. The molecule has 204 valence electrons. The third-order valence-electron chi connectivity index (χ3n) is 5.92. The van der Waals surface area contributed by atoms with Crippen molar-refractivity contribution in [3.63, 3.8) is 0 Å². The summed E-state index contributed by atoms with van der Waals surface area (Å²) in [5.74, 6) is -3.29. The number of carbonyl (C=O) groups is 4. The van der Waals surface area contributed by atoms with Gasteiger partial charge in [0.05, 0.1) is 12.6 Å². The number of guanidine groups is 1. The highest BCUT2D eigenvalue weighted by atomic mass is 16.4. The van der Waals surface area contributed by atoms with Gasteiger partial charge >= 0.3 is 5.97 Å². The Morgan fingerprint density at radius 3 is 2.38 bits per heavy atom. The number of carboxylic acids is 1. The number of hydrogen-bond donors (Lipinski definition) is 8. The first-order valence-electron chi connectivity index (χ1n) is 11.9. The van der Waals surface area contributed by atoms with E-state index in [1.165, 1.54) is 17.0 Å². The predicted octanol–water partition coefficient (Wildman–Crippen LogP) is -2.65. The zero-order valence-corrected chi connectivity index (χ0v) is 20.4. The molecule has 4 atom stereocenters. The van der Waals surface area contributed by atoms with E-state index in [4.69, 9.17) is 17.2 Å². The van der Waals surface area contributed by atoms with Crippen LogP contribution < -0.4 is 27.8 Å². The second-order valence-electron chi connectivity index (χ2n) is 8.76. The first-order chi connectivity index (χ1) is 17.5. The number of aromatic hydroxyl groups is 1. The standard InChI is InChI=1S/C23H35N7O7/c24-15(11-13-5-7-14(32)8-6-13)19(33)29-17(12-31)21(35)30-10-2-4-18(30)20(34)28-16(22(36)37)3-1-9-27-23(25)26/h5-8,15-18,31-32H,1-4,9-12,24H2,(H,28,34)(H,29,33)(H,36,37)(H4,25,26,27). The quantitative estimate of drug-likeness (QED) is 0.0760. The van der Waals surface area contributed by atoms with Crippen molar-refractivity contribution in [2.75, 3.05) is 19.7 Å². The van der Waals surface area contributed by atoms with E-state index in [0.717, 1.165) is 0 Å². The minimum Gasteiger partial charge on any atom is -0.508 e. The second kappa shape index (κ2) is 14.0. The minimum absolute atomic E-state index is 0.0672. The van der Waals surface area contributed by atoms with E-state index in [-0.39, 0.29) is 37.6 Å². The van der Waals surface area contributed by atoms with Crippen LogP contribution in [0, 0.1) is 0 Å². The van der Waals surface area contributed by atoms with Crippen molar-refractivity contribution >= 4 is 29.7 Å². The topological polar surface area (TPSA) is 247 Å². The number of aliphatic hydroxyl groups is 1. The summed E-state index contributed by atoms with van der Waals surface area (Å²) in [5, 5.41) is 33.5. The Labute approximate surface area is 213 Å². The lowest BCUT2D eigenvalue weighted by atomic mass is 10.1. The van der Waals surface area contributed by atoms with E-state index < -0.39 is 54.5 Å². The van der Waals surface area contributed by atoms with E-state index in [2.05, 4.69) is 15.6 Å². The van der Waals surface area contributed by atoms with E-state index in [0.29, 0.717) is 24.8 Å². The third-order valence-corrected chi connectivity index (χ3v) is 5.92. The summed E-state index contributed by atoms with van der Waals surface area (Å²) in [7, 11) is 0. The van der Waals surface area contributed by atoms with Crippen LogP contribution in [0.3, 0.4) is 0 Å². The summed E-state index contributed by atoms with van der Waals surface area (Å²) in [5.41, 5.74) is 17.1. The molecule has 0 aliphatic carbocycles. The van der Waals surface area contributed by atoms with Gasteiger partial charge in [-0.05, 0) is 49.8 Å². The van der Waals surface area contributed by atoms with Gasteiger partial charge in [-0.2, -0.15) is 0 Å². The highest BCUT2D eigenvalue weighted by Crippen LogP contribution is 2.19. The molecule has 1 aliphatic heterocycles. The highest BCUT2D eigenvalue weighted by molar-refractivity contribution is 5.94. The number of aliphatic carboxylic acids is 1. The molecular formula is C23H35N7O7. The van der Waals surface area contributed by atoms with E-state index in [1.807, 2.05) is 0 Å². The first-order valence-corrected chi connectivity index (χ1v) is 11.9. The maximum absolute atomic E-state index is 13.1. The lowest BCUT2D eigenvalue weighted by Gasteiger charge is -2.29. The van der Waals surface area contributed by atoms with Gasteiger partial charge < -0.3 is 48.1 Å². The molecule has 1 aromatic rings. The number of likely N-dealkylation sites (tertiary alicyclic amines) is 1. The summed E-state index contributed by atoms with van der Waals surface area (Å²) in [6.07, 6.45) is 1.30. The van der Waals surface area contributed by atoms with Crippen LogP contribution in [0.2, 0.25) is 0 Å². The SMILES string of the molecule is NC(N)=NCCCC(NC(=O)C1CCCN1C(=O)C(CO)NC(=O)C(N)Cc1ccc(O)cc1)C(=O)O. The number of nitrogens with one attached hydrogen (secondary N) is 2. The van der Waals surface area contributed by atoms with E-state index >= 15 is 0 Å². The van der Waals surface area contributed by atoms with Crippen molar-refractivity contribution in [1.29, 1.82) is 0 Å². The predicted molar refractivity (Wildman–Crippen MR) is 133 cm³/mol. The van der Waals surface area contributed by atoms with Crippen molar-refractivity contribution in [2.24, 2.45) is 22.2 Å². The highest BCUT2D eigenvalue weighted by Gasteiger charge is 2.39. The lowest BCUT2D eigenvalue weighted by Crippen LogP contribution is -2.58. The Kier molecular flexibility index (Phi) is 11.1. The number of aliphatic imine (C=N–C) groups is 1. The molecule has 2 rings (SSSR count). The number of rotatable bonds is 13. The van der Waals surface area contributed by atoms with Gasteiger partial charge in [0.25, 0.3) is 0 Å². The van der Waals surface area contributed by atoms with Gasteiger partial charge in [0, 0.05) is 13.1 Å². The Morgan fingerprint density at radius 2 is 1.78 bits per heavy atom. The molecule has 11 N–H and O–H groups in total.